The standard InChI is InChI=1S/C25H21FN2O3/c1-27(2)19-12-14-20(15-13-19)28-22(16-8-10-18(26)11-9-16)21(24(30)25(28)31)23(29)17-6-4-3-5-7-17/h3-15,22,29H,1-2H3. The molecule has 1 aliphatic heterocycles. The first-order valence-electron chi connectivity index (χ1n) is 9.89. The van der Waals surface area contributed by atoms with E-state index >= 15 is 0 Å². The molecule has 0 spiro atoms. The van der Waals surface area contributed by atoms with Crippen molar-refractivity contribution in [2.75, 3.05) is 19.0 Å². The summed E-state index contributed by atoms with van der Waals surface area (Å²) in [4.78, 5) is 28.5. The highest BCUT2D eigenvalue weighted by Gasteiger charge is 2.45. The maximum Gasteiger partial charge on any atom is 0.299 e. The van der Waals surface area contributed by atoms with Gasteiger partial charge in [-0.25, -0.2) is 4.39 Å². The van der Waals surface area contributed by atoms with Crippen molar-refractivity contribution in [3.05, 3.63) is 101 Å². The molecule has 0 radical (unpaired) electrons. The third kappa shape index (κ3) is 3.73. The number of anilines is 1. The largest absolute Gasteiger partial charge is 0.872 e. The highest BCUT2D eigenvalue weighted by molar-refractivity contribution is 6.51. The van der Waals surface area contributed by atoms with Gasteiger partial charge in [-0.15, -0.1) is 0 Å². The van der Waals surface area contributed by atoms with E-state index in [0.717, 1.165) is 10.6 Å². The summed E-state index contributed by atoms with van der Waals surface area (Å²) < 4.78 is 13.6. The Bertz CT molecular complexity index is 1150. The summed E-state index contributed by atoms with van der Waals surface area (Å²) in [7, 11) is 3.95. The number of ketones is 1. The monoisotopic (exact) mass is 416 g/mol. The van der Waals surface area contributed by atoms with E-state index in [1.807, 2.05) is 26.2 Å². The predicted octanol–water partition coefficient (Wildman–Crippen LogP) is 2.03. The van der Waals surface area contributed by atoms with E-state index in [1.165, 1.54) is 29.2 Å². The van der Waals surface area contributed by atoms with Gasteiger partial charge in [0.15, 0.2) is 0 Å². The van der Waals surface area contributed by atoms with Gasteiger partial charge in [-0.3, -0.25) is 14.5 Å². The quantitative estimate of drug-likeness (QED) is 0.402. The zero-order valence-corrected chi connectivity index (χ0v) is 17.1. The second-order valence-corrected chi connectivity index (χ2v) is 7.61. The van der Waals surface area contributed by atoms with E-state index in [9.17, 15) is 19.1 Å². The summed E-state index contributed by atoms with van der Waals surface area (Å²) in [6, 6.07) is 20.1. The summed E-state index contributed by atoms with van der Waals surface area (Å²) in [6.45, 7) is 0. The molecule has 1 amide bonds. The van der Waals surface area contributed by atoms with Crippen LogP contribution in [0.3, 0.4) is 0 Å². The van der Waals surface area contributed by atoms with Crippen LogP contribution in [0.4, 0.5) is 15.8 Å². The molecule has 1 atom stereocenters. The van der Waals surface area contributed by atoms with Crippen LogP contribution in [-0.4, -0.2) is 25.8 Å². The number of halogens is 1. The van der Waals surface area contributed by atoms with Crippen molar-refractivity contribution >= 4 is 28.8 Å². The average molecular weight is 416 g/mol. The zero-order chi connectivity index (χ0) is 22.1. The lowest BCUT2D eigenvalue weighted by atomic mass is 9.95. The van der Waals surface area contributed by atoms with Gasteiger partial charge < -0.3 is 10.0 Å². The minimum absolute atomic E-state index is 0.134. The molecule has 1 unspecified atom stereocenters. The third-order valence-corrected chi connectivity index (χ3v) is 5.38. The normalized spacial score (nSPS) is 18.1. The second-order valence-electron chi connectivity index (χ2n) is 7.61. The maximum atomic E-state index is 13.6. The van der Waals surface area contributed by atoms with E-state index in [0.29, 0.717) is 16.8 Å². The molecule has 3 aromatic carbocycles. The van der Waals surface area contributed by atoms with E-state index in [1.54, 1.807) is 42.5 Å². The fourth-order valence-corrected chi connectivity index (χ4v) is 3.75. The molecule has 0 bridgehead atoms. The topological polar surface area (TPSA) is 64.9 Å². The van der Waals surface area contributed by atoms with Crippen LogP contribution in [0.5, 0.6) is 0 Å². The van der Waals surface area contributed by atoms with Gasteiger partial charge in [0.1, 0.15) is 11.5 Å². The van der Waals surface area contributed by atoms with Crippen molar-refractivity contribution in [2.24, 2.45) is 0 Å². The summed E-state index contributed by atoms with van der Waals surface area (Å²) >= 11 is 0. The van der Waals surface area contributed by atoms with Crippen LogP contribution in [-0.2, 0) is 9.59 Å². The van der Waals surface area contributed by atoms with E-state index in [2.05, 4.69) is 0 Å². The molecule has 1 aliphatic rings. The smallest absolute Gasteiger partial charge is 0.299 e. The van der Waals surface area contributed by atoms with Crippen LogP contribution in [0, 0.1) is 5.82 Å². The number of quaternary nitrogens is 1. The zero-order valence-electron chi connectivity index (χ0n) is 17.1. The van der Waals surface area contributed by atoms with Crippen molar-refractivity contribution in [2.45, 2.75) is 6.04 Å². The van der Waals surface area contributed by atoms with Gasteiger partial charge in [-0.05, 0) is 35.4 Å². The molecule has 0 aromatic heterocycles. The number of carbonyl (C=O) groups is 2. The molecular weight excluding hydrogens is 395 g/mol. The number of Topliss-reactive ketones (excluding diaryl/α,β-unsaturated/α-hetero) is 1. The first kappa shape index (κ1) is 20.5. The van der Waals surface area contributed by atoms with Gasteiger partial charge in [0, 0.05) is 23.4 Å². The number of rotatable bonds is 4. The fraction of sp³-hybridized carbons (Fsp3) is 0.120. The van der Waals surface area contributed by atoms with Gasteiger partial charge in [0.25, 0.3) is 5.91 Å². The summed E-state index contributed by atoms with van der Waals surface area (Å²) in [5.41, 5.74) is 2.17. The Balaban J connectivity index is 1.90. The fourth-order valence-electron chi connectivity index (χ4n) is 3.75. The van der Waals surface area contributed by atoms with Crippen molar-refractivity contribution in [3.63, 3.8) is 0 Å². The number of carbonyl (C=O) groups excluding carboxylic acids is 2. The van der Waals surface area contributed by atoms with Gasteiger partial charge >= 0.3 is 0 Å². The Morgan fingerprint density at radius 1 is 0.903 bits per heavy atom. The molecule has 156 valence electrons. The number of benzene rings is 3. The van der Waals surface area contributed by atoms with Crippen molar-refractivity contribution in [1.82, 2.24) is 0 Å². The minimum atomic E-state index is -0.939. The van der Waals surface area contributed by atoms with Crippen molar-refractivity contribution in [1.29, 1.82) is 0 Å². The molecule has 3 aromatic rings. The average Bonchev–Trinajstić information content (AvgIpc) is 3.05. The number of nitrogens with one attached hydrogen (secondary N) is 1. The molecule has 1 N–H and O–H groups in total. The third-order valence-electron chi connectivity index (χ3n) is 5.38. The first-order valence-corrected chi connectivity index (χ1v) is 9.89. The minimum Gasteiger partial charge on any atom is -0.872 e. The maximum absolute atomic E-state index is 13.6. The molecule has 4 rings (SSSR count). The SMILES string of the molecule is C[NH+](C)c1ccc(N2C(=O)C(=O)C(=C([O-])c3ccccc3)C2c2ccc(F)cc2)cc1. The van der Waals surface area contributed by atoms with Gasteiger partial charge in [0.05, 0.1) is 20.1 Å². The molecule has 1 saturated heterocycles. The summed E-state index contributed by atoms with van der Waals surface area (Å²) in [5, 5.41) is 13.3. The highest BCUT2D eigenvalue weighted by Crippen LogP contribution is 2.41. The van der Waals surface area contributed by atoms with E-state index in [-0.39, 0.29) is 5.57 Å². The van der Waals surface area contributed by atoms with Crippen LogP contribution in [0.25, 0.3) is 5.76 Å². The van der Waals surface area contributed by atoms with Crippen LogP contribution in [0.1, 0.15) is 17.2 Å². The number of hydrogen-bond donors (Lipinski definition) is 1. The number of nitrogens with zero attached hydrogens (tertiary/aromatic N) is 1. The Hall–Kier alpha value is -3.77. The lowest BCUT2D eigenvalue weighted by Gasteiger charge is -2.27. The number of hydrogen-bond acceptors (Lipinski definition) is 3. The lowest BCUT2D eigenvalue weighted by Crippen LogP contribution is -3.00. The van der Waals surface area contributed by atoms with Gasteiger partial charge in [-0.2, -0.15) is 0 Å². The molecule has 6 heteroatoms. The first-order chi connectivity index (χ1) is 14.9. The summed E-state index contributed by atoms with van der Waals surface area (Å²) in [5.74, 6) is -2.57. The summed E-state index contributed by atoms with van der Waals surface area (Å²) in [6.07, 6.45) is 0. The Morgan fingerprint density at radius 2 is 1.52 bits per heavy atom. The van der Waals surface area contributed by atoms with E-state index < -0.39 is 29.3 Å². The Morgan fingerprint density at radius 3 is 2.10 bits per heavy atom. The molecule has 1 fully saturated rings. The second kappa shape index (κ2) is 8.16. The molecule has 0 saturated carbocycles. The molecule has 1 heterocycles. The van der Waals surface area contributed by atoms with Gasteiger partial charge in [-0.1, -0.05) is 48.2 Å². The highest BCUT2D eigenvalue weighted by atomic mass is 19.1. The molecule has 0 aliphatic carbocycles. The Labute approximate surface area is 179 Å². The van der Waals surface area contributed by atoms with Crippen LogP contribution in [0.2, 0.25) is 0 Å². The van der Waals surface area contributed by atoms with Crippen molar-refractivity contribution < 1.29 is 24.0 Å². The van der Waals surface area contributed by atoms with Crippen molar-refractivity contribution in [3.8, 4) is 0 Å². The lowest BCUT2D eigenvalue weighted by molar-refractivity contribution is -0.786. The van der Waals surface area contributed by atoms with Crippen LogP contribution >= 0.6 is 0 Å². The molecule has 31 heavy (non-hydrogen) atoms. The predicted molar refractivity (Wildman–Crippen MR) is 114 cm³/mol. The molecular formula is C25H21FN2O3. The Kier molecular flexibility index (Phi) is 5.40. The van der Waals surface area contributed by atoms with Crippen LogP contribution < -0.4 is 14.9 Å². The number of amides is 1. The molecule has 5 nitrogen and oxygen atoms in total. The van der Waals surface area contributed by atoms with E-state index in [4.69, 9.17) is 0 Å². The van der Waals surface area contributed by atoms with Gasteiger partial charge in [0.2, 0.25) is 5.78 Å². The van der Waals surface area contributed by atoms with Crippen LogP contribution in [0.15, 0.2) is 84.4 Å².